The smallest absolute Gasteiger partial charge is 0.284 e. The number of nitrogens with one attached hydrogen (secondary N) is 1. The predicted octanol–water partition coefficient (Wildman–Crippen LogP) is 5.66. The lowest BCUT2D eigenvalue weighted by Crippen LogP contribution is -2.32. The molecule has 192 valence electrons. The number of anilines is 1. The number of rotatable bonds is 10. The van der Waals surface area contributed by atoms with Crippen LogP contribution in [0.1, 0.15) is 32.1 Å². The van der Waals surface area contributed by atoms with Gasteiger partial charge in [0.25, 0.3) is 5.91 Å². The van der Waals surface area contributed by atoms with Crippen molar-refractivity contribution in [3.63, 3.8) is 0 Å². The van der Waals surface area contributed by atoms with Gasteiger partial charge >= 0.3 is 0 Å². The van der Waals surface area contributed by atoms with Gasteiger partial charge in [-0.05, 0) is 60.4 Å². The molecular formula is C26H24Cl2N4O3S2. The molecule has 2 aromatic carbocycles. The van der Waals surface area contributed by atoms with Gasteiger partial charge in [0, 0.05) is 40.4 Å². The van der Waals surface area contributed by atoms with E-state index in [0.29, 0.717) is 38.7 Å². The fraction of sp³-hybridized carbons (Fsp3) is 0.192. The van der Waals surface area contributed by atoms with Gasteiger partial charge in [0.15, 0.2) is 5.13 Å². The number of aromatic nitrogens is 2. The van der Waals surface area contributed by atoms with Crippen LogP contribution in [0.25, 0.3) is 0 Å². The molecule has 4 rings (SSSR count). The maximum atomic E-state index is 12.9. The first kappa shape index (κ1) is 27.1. The van der Waals surface area contributed by atoms with Gasteiger partial charge < -0.3 is 4.90 Å². The van der Waals surface area contributed by atoms with Gasteiger partial charge in [-0.3, -0.25) is 9.78 Å². The Morgan fingerprint density at radius 2 is 1.62 bits per heavy atom. The summed E-state index contributed by atoms with van der Waals surface area (Å²) in [5, 5.41) is 1.94. The topological polar surface area (TPSA) is 92.3 Å². The molecular weight excluding hydrogens is 551 g/mol. The van der Waals surface area contributed by atoms with Crippen molar-refractivity contribution in [2.45, 2.75) is 25.6 Å². The molecule has 37 heavy (non-hydrogen) atoms. The van der Waals surface area contributed by atoms with E-state index in [4.69, 9.17) is 23.2 Å². The van der Waals surface area contributed by atoms with Crippen LogP contribution < -0.4 is 9.62 Å². The van der Waals surface area contributed by atoms with Crippen molar-refractivity contribution in [1.82, 2.24) is 14.7 Å². The minimum atomic E-state index is -3.92. The fourth-order valence-electron chi connectivity index (χ4n) is 3.62. The SMILES string of the molecule is Cc1sc(N(CCc2ccc(Cl)cc2)Cc2ccc(Cl)cc2)nc1C(=O)NS(=O)(=O)Cc1cccnc1. The maximum Gasteiger partial charge on any atom is 0.284 e. The number of sulfonamides is 1. The van der Waals surface area contributed by atoms with E-state index in [1.807, 2.05) is 48.5 Å². The van der Waals surface area contributed by atoms with E-state index in [-0.39, 0.29) is 11.4 Å². The van der Waals surface area contributed by atoms with Crippen LogP contribution in [0.3, 0.4) is 0 Å². The summed E-state index contributed by atoms with van der Waals surface area (Å²) in [4.78, 5) is 24.1. The zero-order valence-corrected chi connectivity index (χ0v) is 23.0. The van der Waals surface area contributed by atoms with E-state index in [1.54, 1.807) is 25.3 Å². The summed E-state index contributed by atoms with van der Waals surface area (Å²) in [6.45, 7) is 2.92. The molecule has 0 fully saturated rings. The van der Waals surface area contributed by atoms with Gasteiger partial charge in [0.2, 0.25) is 10.0 Å². The second-order valence-electron chi connectivity index (χ2n) is 8.38. The second kappa shape index (κ2) is 12.0. The van der Waals surface area contributed by atoms with E-state index in [1.165, 1.54) is 17.5 Å². The second-order valence-corrected chi connectivity index (χ2v) is 12.2. The highest BCUT2D eigenvalue weighted by Gasteiger charge is 2.23. The summed E-state index contributed by atoms with van der Waals surface area (Å²) in [5.41, 5.74) is 2.70. The highest BCUT2D eigenvalue weighted by molar-refractivity contribution is 7.89. The van der Waals surface area contributed by atoms with Crippen LogP contribution in [0, 0.1) is 6.92 Å². The quantitative estimate of drug-likeness (QED) is 0.262. The first-order chi connectivity index (χ1) is 17.7. The molecule has 0 aliphatic carbocycles. The molecule has 1 amide bonds. The summed E-state index contributed by atoms with van der Waals surface area (Å²) >= 11 is 13.4. The first-order valence-corrected chi connectivity index (χ1v) is 14.6. The Labute approximate surface area is 230 Å². The van der Waals surface area contributed by atoms with E-state index >= 15 is 0 Å². The van der Waals surface area contributed by atoms with Gasteiger partial charge in [-0.2, -0.15) is 0 Å². The zero-order chi connectivity index (χ0) is 26.4. The van der Waals surface area contributed by atoms with Crippen LogP contribution in [0.2, 0.25) is 10.0 Å². The number of hydrogen-bond donors (Lipinski definition) is 1. The first-order valence-electron chi connectivity index (χ1n) is 11.3. The van der Waals surface area contributed by atoms with Crippen LogP contribution in [-0.2, 0) is 28.7 Å². The highest BCUT2D eigenvalue weighted by atomic mass is 35.5. The normalized spacial score (nSPS) is 11.3. The third-order valence-corrected chi connectivity index (χ3v) is 8.21. The molecule has 11 heteroatoms. The van der Waals surface area contributed by atoms with Gasteiger partial charge in [-0.15, -0.1) is 11.3 Å². The van der Waals surface area contributed by atoms with Crippen LogP contribution in [0.4, 0.5) is 5.13 Å². The Bertz CT molecular complexity index is 1460. The molecule has 0 aliphatic rings. The van der Waals surface area contributed by atoms with E-state index in [0.717, 1.165) is 17.5 Å². The minimum absolute atomic E-state index is 0.0855. The zero-order valence-electron chi connectivity index (χ0n) is 19.9. The molecule has 0 radical (unpaired) electrons. The van der Waals surface area contributed by atoms with E-state index < -0.39 is 15.9 Å². The Morgan fingerprint density at radius 3 is 2.24 bits per heavy atom. The largest absolute Gasteiger partial charge is 0.343 e. The number of benzene rings is 2. The number of nitrogens with zero attached hydrogens (tertiary/aromatic N) is 3. The lowest BCUT2D eigenvalue weighted by atomic mass is 10.1. The molecule has 2 heterocycles. The molecule has 0 saturated carbocycles. The molecule has 0 atom stereocenters. The lowest BCUT2D eigenvalue weighted by Gasteiger charge is -2.22. The van der Waals surface area contributed by atoms with Crippen molar-refractivity contribution in [3.8, 4) is 0 Å². The molecule has 0 unspecified atom stereocenters. The number of pyridine rings is 1. The van der Waals surface area contributed by atoms with Gasteiger partial charge in [-0.25, -0.2) is 18.1 Å². The Balaban J connectivity index is 1.53. The average molecular weight is 576 g/mol. The number of aryl methyl sites for hydroxylation is 1. The number of amides is 1. The fourth-order valence-corrected chi connectivity index (χ4v) is 5.87. The van der Waals surface area contributed by atoms with Crippen LogP contribution in [0.15, 0.2) is 73.1 Å². The number of halogens is 2. The van der Waals surface area contributed by atoms with Crippen LogP contribution in [0.5, 0.6) is 0 Å². The van der Waals surface area contributed by atoms with Crippen molar-refractivity contribution >= 4 is 55.6 Å². The van der Waals surface area contributed by atoms with Gasteiger partial charge in [-0.1, -0.05) is 53.5 Å². The summed E-state index contributed by atoms with van der Waals surface area (Å²) in [6, 6.07) is 18.5. The predicted molar refractivity (Wildman–Crippen MR) is 149 cm³/mol. The number of carbonyl (C=O) groups excluding carboxylic acids is 1. The third-order valence-electron chi connectivity index (χ3n) is 5.47. The number of carbonyl (C=O) groups is 1. The molecule has 0 saturated heterocycles. The van der Waals surface area contributed by atoms with Crippen LogP contribution in [-0.4, -0.2) is 30.8 Å². The monoisotopic (exact) mass is 574 g/mol. The highest BCUT2D eigenvalue weighted by Crippen LogP contribution is 2.28. The van der Waals surface area contributed by atoms with E-state index in [9.17, 15) is 13.2 Å². The third kappa shape index (κ3) is 7.75. The number of thiazole rings is 1. The summed E-state index contributed by atoms with van der Waals surface area (Å²) in [6.07, 6.45) is 3.73. The van der Waals surface area contributed by atoms with Gasteiger partial charge in [0.1, 0.15) is 5.69 Å². The molecule has 1 N–H and O–H groups in total. The molecule has 0 aliphatic heterocycles. The Kier molecular flexibility index (Phi) is 8.81. The summed E-state index contributed by atoms with van der Waals surface area (Å²) < 4.78 is 27.3. The van der Waals surface area contributed by atoms with E-state index in [2.05, 4.69) is 19.6 Å². The lowest BCUT2D eigenvalue weighted by molar-refractivity contribution is 0.0976. The number of hydrogen-bond acceptors (Lipinski definition) is 7. The van der Waals surface area contributed by atoms with Crippen molar-refractivity contribution in [2.75, 3.05) is 11.4 Å². The Morgan fingerprint density at radius 1 is 0.973 bits per heavy atom. The van der Waals surface area contributed by atoms with Crippen molar-refractivity contribution in [2.24, 2.45) is 0 Å². The summed E-state index contributed by atoms with van der Waals surface area (Å²) in [7, 11) is -3.92. The standard InChI is InChI=1S/C26H24Cl2N4O3S2/c1-18-24(25(33)31-37(34,35)17-21-3-2-13-29-15-21)30-26(36-18)32(16-20-6-10-23(28)11-7-20)14-12-19-4-8-22(27)9-5-19/h2-11,13,15H,12,14,16-17H2,1H3,(H,31,33). The molecule has 2 aromatic heterocycles. The molecule has 7 nitrogen and oxygen atoms in total. The van der Waals surface area contributed by atoms with Crippen LogP contribution >= 0.6 is 34.5 Å². The van der Waals surface area contributed by atoms with Gasteiger partial charge in [0.05, 0.1) is 5.75 Å². The van der Waals surface area contributed by atoms with Crippen molar-refractivity contribution in [1.29, 1.82) is 0 Å². The average Bonchev–Trinajstić information content (AvgIpc) is 3.25. The summed E-state index contributed by atoms with van der Waals surface area (Å²) in [5.74, 6) is -1.11. The molecule has 0 bridgehead atoms. The molecule has 0 spiro atoms. The van der Waals surface area contributed by atoms with Crippen molar-refractivity contribution < 1.29 is 13.2 Å². The van der Waals surface area contributed by atoms with Crippen molar-refractivity contribution in [3.05, 3.63) is 110 Å². The Hall–Kier alpha value is -2.98. The molecule has 4 aromatic rings. The maximum absolute atomic E-state index is 12.9. The minimum Gasteiger partial charge on any atom is -0.343 e.